The van der Waals surface area contributed by atoms with Crippen molar-refractivity contribution in [3.63, 3.8) is 0 Å². The first-order valence-corrected chi connectivity index (χ1v) is 8.07. The summed E-state index contributed by atoms with van der Waals surface area (Å²) in [4.78, 5) is 0. The lowest BCUT2D eigenvalue weighted by Crippen LogP contribution is -2.15. The summed E-state index contributed by atoms with van der Waals surface area (Å²) in [6.07, 6.45) is 8.53. The quantitative estimate of drug-likeness (QED) is 0.710. The van der Waals surface area contributed by atoms with E-state index >= 15 is 0 Å². The zero-order valence-corrected chi connectivity index (χ0v) is 13.1. The molecule has 0 heterocycles. The minimum absolute atomic E-state index is 0.792. The van der Waals surface area contributed by atoms with Gasteiger partial charge in [0.1, 0.15) is 0 Å². The van der Waals surface area contributed by atoms with Crippen molar-refractivity contribution in [1.29, 1.82) is 0 Å². The zero-order valence-electron chi connectivity index (χ0n) is 10.7. The van der Waals surface area contributed by atoms with Crippen LogP contribution in [-0.2, 0) is 6.54 Å². The number of nitrogens with one attached hydrogen (secondary N) is 1. The third-order valence-electron chi connectivity index (χ3n) is 3.75. The Morgan fingerprint density at radius 3 is 2.78 bits per heavy atom. The molecule has 1 aromatic rings. The number of rotatable bonds is 6. The van der Waals surface area contributed by atoms with Crippen LogP contribution in [0.4, 0.5) is 0 Å². The van der Waals surface area contributed by atoms with Gasteiger partial charge in [0.2, 0.25) is 0 Å². The molecule has 1 fully saturated rings. The van der Waals surface area contributed by atoms with E-state index in [0.717, 1.165) is 28.5 Å². The van der Waals surface area contributed by atoms with Gasteiger partial charge in [-0.15, -0.1) is 0 Å². The number of benzene rings is 1. The van der Waals surface area contributed by atoms with Crippen molar-refractivity contribution in [3.05, 3.63) is 33.3 Å². The molecule has 0 radical (unpaired) electrons. The van der Waals surface area contributed by atoms with Gasteiger partial charge < -0.3 is 5.32 Å². The summed E-state index contributed by atoms with van der Waals surface area (Å²) < 4.78 is 0.967. The summed E-state index contributed by atoms with van der Waals surface area (Å²) in [7, 11) is 0. The zero-order chi connectivity index (χ0) is 12.8. The summed E-state index contributed by atoms with van der Waals surface area (Å²) in [6.45, 7) is 2.03. The van der Waals surface area contributed by atoms with Crippen LogP contribution in [0.5, 0.6) is 0 Å². The SMILES string of the molecule is Clc1cc(CNCCCC2CCCC2)ccc1Br. The van der Waals surface area contributed by atoms with Crippen molar-refractivity contribution < 1.29 is 0 Å². The molecule has 0 unspecified atom stereocenters. The summed E-state index contributed by atoms with van der Waals surface area (Å²) in [5, 5.41) is 4.29. The van der Waals surface area contributed by atoms with Gasteiger partial charge in [0.25, 0.3) is 0 Å². The predicted octanol–water partition coefficient (Wildman–Crippen LogP) is 5.16. The first-order valence-electron chi connectivity index (χ1n) is 6.90. The molecule has 0 atom stereocenters. The second-order valence-corrected chi connectivity index (χ2v) is 6.48. The molecule has 3 heteroatoms. The monoisotopic (exact) mass is 329 g/mol. The van der Waals surface area contributed by atoms with E-state index in [1.165, 1.54) is 44.1 Å². The summed E-state index contributed by atoms with van der Waals surface area (Å²) in [5.74, 6) is 1.01. The van der Waals surface area contributed by atoms with Gasteiger partial charge in [0.05, 0.1) is 5.02 Å². The molecule has 1 aliphatic carbocycles. The van der Waals surface area contributed by atoms with Crippen LogP contribution in [0.3, 0.4) is 0 Å². The molecule has 0 aromatic heterocycles. The minimum Gasteiger partial charge on any atom is -0.313 e. The second kappa shape index (κ2) is 7.52. The Hall–Kier alpha value is -0.0500. The Kier molecular flexibility index (Phi) is 6.00. The van der Waals surface area contributed by atoms with E-state index in [1.807, 2.05) is 12.1 Å². The van der Waals surface area contributed by atoms with Crippen molar-refractivity contribution in [2.24, 2.45) is 5.92 Å². The predicted molar refractivity (Wildman–Crippen MR) is 82.1 cm³/mol. The van der Waals surface area contributed by atoms with Crippen molar-refractivity contribution in [2.75, 3.05) is 6.54 Å². The summed E-state index contributed by atoms with van der Waals surface area (Å²) in [6, 6.07) is 6.15. The largest absolute Gasteiger partial charge is 0.313 e. The summed E-state index contributed by atoms with van der Waals surface area (Å²) in [5.41, 5.74) is 1.25. The lowest BCUT2D eigenvalue weighted by atomic mass is 10.0. The molecular weight excluding hydrogens is 310 g/mol. The van der Waals surface area contributed by atoms with Gasteiger partial charge in [0.15, 0.2) is 0 Å². The highest BCUT2D eigenvalue weighted by molar-refractivity contribution is 9.10. The third-order valence-corrected chi connectivity index (χ3v) is 4.99. The van der Waals surface area contributed by atoms with Crippen LogP contribution in [0, 0.1) is 5.92 Å². The minimum atomic E-state index is 0.792. The van der Waals surface area contributed by atoms with E-state index < -0.39 is 0 Å². The first-order chi connectivity index (χ1) is 8.75. The van der Waals surface area contributed by atoms with Gasteiger partial charge in [-0.25, -0.2) is 0 Å². The standard InChI is InChI=1S/C15H21BrClN/c16-14-8-7-13(10-15(14)17)11-18-9-3-6-12-4-1-2-5-12/h7-8,10,12,18H,1-6,9,11H2. The van der Waals surface area contributed by atoms with E-state index in [1.54, 1.807) is 0 Å². The van der Waals surface area contributed by atoms with Crippen LogP contribution < -0.4 is 5.32 Å². The average Bonchev–Trinajstić information content (AvgIpc) is 2.86. The Morgan fingerprint density at radius 1 is 1.28 bits per heavy atom. The molecule has 1 nitrogen and oxygen atoms in total. The van der Waals surface area contributed by atoms with Crippen LogP contribution >= 0.6 is 27.5 Å². The van der Waals surface area contributed by atoms with E-state index in [0.29, 0.717) is 0 Å². The number of halogens is 2. The number of hydrogen-bond acceptors (Lipinski definition) is 1. The molecule has 0 aliphatic heterocycles. The van der Waals surface area contributed by atoms with Gasteiger partial charge >= 0.3 is 0 Å². The lowest BCUT2D eigenvalue weighted by Gasteiger charge is -2.09. The Labute approximate surface area is 123 Å². The fourth-order valence-electron chi connectivity index (χ4n) is 2.70. The van der Waals surface area contributed by atoms with Gasteiger partial charge in [-0.05, 0) is 58.9 Å². The fourth-order valence-corrected chi connectivity index (χ4v) is 3.15. The molecule has 100 valence electrons. The van der Waals surface area contributed by atoms with E-state index in [9.17, 15) is 0 Å². The molecule has 0 bridgehead atoms. The highest BCUT2D eigenvalue weighted by Gasteiger charge is 2.13. The van der Waals surface area contributed by atoms with Gasteiger partial charge in [-0.2, -0.15) is 0 Å². The molecule has 1 aliphatic rings. The first kappa shape index (κ1) is 14.4. The molecule has 0 amide bonds. The van der Waals surface area contributed by atoms with Gasteiger partial charge in [-0.3, -0.25) is 0 Å². The van der Waals surface area contributed by atoms with Crippen LogP contribution in [0.15, 0.2) is 22.7 Å². The van der Waals surface area contributed by atoms with Crippen molar-refractivity contribution in [1.82, 2.24) is 5.32 Å². The van der Waals surface area contributed by atoms with E-state index in [2.05, 4.69) is 27.3 Å². The Bertz CT molecular complexity index is 375. The average molecular weight is 331 g/mol. The van der Waals surface area contributed by atoms with Crippen LogP contribution in [0.25, 0.3) is 0 Å². The van der Waals surface area contributed by atoms with Crippen LogP contribution in [-0.4, -0.2) is 6.54 Å². The summed E-state index contributed by atoms with van der Waals surface area (Å²) >= 11 is 9.47. The van der Waals surface area contributed by atoms with E-state index in [-0.39, 0.29) is 0 Å². The highest BCUT2D eigenvalue weighted by atomic mass is 79.9. The topological polar surface area (TPSA) is 12.0 Å². The molecule has 1 aromatic carbocycles. The molecule has 1 N–H and O–H groups in total. The molecular formula is C15H21BrClN. The molecule has 1 saturated carbocycles. The van der Waals surface area contributed by atoms with Crippen LogP contribution in [0.1, 0.15) is 44.1 Å². The maximum atomic E-state index is 6.07. The Balaban J connectivity index is 1.61. The maximum Gasteiger partial charge on any atom is 0.0551 e. The molecule has 0 spiro atoms. The Morgan fingerprint density at radius 2 is 2.06 bits per heavy atom. The van der Waals surface area contributed by atoms with Crippen molar-refractivity contribution >= 4 is 27.5 Å². The van der Waals surface area contributed by atoms with Gasteiger partial charge in [0, 0.05) is 11.0 Å². The molecule has 18 heavy (non-hydrogen) atoms. The third kappa shape index (κ3) is 4.56. The molecule has 2 rings (SSSR count). The second-order valence-electron chi connectivity index (χ2n) is 5.22. The van der Waals surface area contributed by atoms with E-state index in [4.69, 9.17) is 11.6 Å². The van der Waals surface area contributed by atoms with Crippen molar-refractivity contribution in [3.8, 4) is 0 Å². The lowest BCUT2D eigenvalue weighted by molar-refractivity contribution is 0.470. The smallest absolute Gasteiger partial charge is 0.0551 e. The normalized spacial score (nSPS) is 16.3. The maximum absolute atomic E-state index is 6.07. The molecule has 0 saturated heterocycles. The van der Waals surface area contributed by atoms with Crippen molar-refractivity contribution in [2.45, 2.75) is 45.1 Å². The fraction of sp³-hybridized carbons (Fsp3) is 0.600. The van der Waals surface area contributed by atoms with Gasteiger partial charge in [-0.1, -0.05) is 43.4 Å². The number of hydrogen-bond donors (Lipinski definition) is 1. The highest BCUT2D eigenvalue weighted by Crippen LogP contribution is 2.28. The van der Waals surface area contributed by atoms with Crippen LogP contribution in [0.2, 0.25) is 5.02 Å².